The zero-order valence-corrected chi connectivity index (χ0v) is 16.1. The predicted octanol–water partition coefficient (Wildman–Crippen LogP) is 3.87. The molecule has 1 aliphatic heterocycles. The molecule has 136 valence electrons. The van der Waals surface area contributed by atoms with Gasteiger partial charge in [0.05, 0.1) is 28.8 Å². The number of carbonyl (C=O) groups is 1. The Kier molecular flexibility index (Phi) is 4.30. The van der Waals surface area contributed by atoms with Crippen LogP contribution in [0.1, 0.15) is 48.4 Å². The number of aromatic nitrogens is 4. The van der Waals surface area contributed by atoms with Crippen molar-refractivity contribution in [1.29, 1.82) is 0 Å². The molecule has 26 heavy (non-hydrogen) atoms. The summed E-state index contributed by atoms with van der Waals surface area (Å²) in [6, 6.07) is 5.14. The Labute approximate surface area is 158 Å². The number of amides is 1. The largest absolute Gasteiger partial charge is 0.335 e. The van der Waals surface area contributed by atoms with Crippen molar-refractivity contribution in [3.05, 3.63) is 46.1 Å². The standard InChI is InChI=1S/C18H19BrFN5O/c1-10(2)15-7-16(23-22-15)18(26)24-4-3-12(9-24)25-17-6-11(19)5-14(20)13(17)8-21-25/h5-8,10,12H,3-4,9H2,1-2H3,(H,22,23). The van der Waals surface area contributed by atoms with E-state index < -0.39 is 0 Å². The zero-order valence-electron chi connectivity index (χ0n) is 14.5. The molecule has 3 aromatic rings. The fourth-order valence-electron chi connectivity index (χ4n) is 3.40. The Morgan fingerprint density at radius 3 is 2.92 bits per heavy atom. The summed E-state index contributed by atoms with van der Waals surface area (Å²) in [6.07, 6.45) is 2.33. The van der Waals surface area contributed by atoms with E-state index in [4.69, 9.17) is 0 Å². The van der Waals surface area contributed by atoms with Gasteiger partial charge in [0, 0.05) is 17.6 Å². The number of benzene rings is 1. The van der Waals surface area contributed by atoms with Crippen LogP contribution in [0.3, 0.4) is 0 Å². The van der Waals surface area contributed by atoms with Gasteiger partial charge in [0.1, 0.15) is 11.5 Å². The number of halogens is 2. The Morgan fingerprint density at radius 2 is 2.19 bits per heavy atom. The van der Waals surface area contributed by atoms with E-state index >= 15 is 0 Å². The maximum atomic E-state index is 14.1. The molecule has 0 saturated carbocycles. The molecule has 1 amide bonds. The molecular formula is C18H19BrFN5O. The summed E-state index contributed by atoms with van der Waals surface area (Å²) in [5, 5.41) is 11.9. The lowest BCUT2D eigenvalue weighted by molar-refractivity contribution is 0.0781. The first-order valence-electron chi connectivity index (χ1n) is 8.61. The number of nitrogens with zero attached hydrogens (tertiary/aromatic N) is 4. The van der Waals surface area contributed by atoms with Crippen molar-refractivity contribution in [2.45, 2.75) is 32.2 Å². The highest BCUT2D eigenvalue weighted by Gasteiger charge is 2.30. The highest BCUT2D eigenvalue weighted by atomic mass is 79.9. The maximum Gasteiger partial charge on any atom is 0.271 e. The monoisotopic (exact) mass is 419 g/mol. The van der Waals surface area contributed by atoms with E-state index in [0.29, 0.717) is 28.6 Å². The normalized spacial score (nSPS) is 17.6. The van der Waals surface area contributed by atoms with Crippen LogP contribution in [0.2, 0.25) is 0 Å². The molecular weight excluding hydrogens is 401 g/mol. The van der Waals surface area contributed by atoms with Crippen LogP contribution in [-0.4, -0.2) is 43.9 Å². The molecule has 1 atom stereocenters. The van der Waals surface area contributed by atoms with Gasteiger partial charge in [-0.1, -0.05) is 29.8 Å². The van der Waals surface area contributed by atoms with E-state index in [-0.39, 0.29) is 23.7 Å². The van der Waals surface area contributed by atoms with E-state index in [0.717, 1.165) is 17.6 Å². The zero-order chi connectivity index (χ0) is 18.4. The van der Waals surface area contributed by atoms with E-state index in [1.807, 2.05) is 30.7 Å². The van der Waals surface area contributed by atoms with Crippen molar-refractivity contribution in [2.75, 3.05) is 13.1 Å². The third-order valence-electron chi connectivity index (χ3n) is 4.85. The lowest BCUT2D eigenvalue weighted by atomic mass is 10.1. The molecule has 4 rings (SSSR count). The molecule has 1 N–H and O–H groups in total. The second kappa shape index (κ2) is 6.50. The highest BCUT2D eigenvalue weighted by molar-refractivity contribution is 9.10. The first kappa shape index (κ1) is 17.2. The van der Waals surface area contributed by atoms with Gasteiger partial charge in [-0.3, -0.25) is 14.6 Å². The summed E-state index contributed by atoms with van der Waals surface area (Å²) >= 11 is 3.33. The van der Waals surface area contributed by atoms with Crippen LogP contribution in [0.25, 0.3) is 10.9 Å². The van der Waals surface area contributed by atoms with Gasteiger partial charge in [-0.05, 0) is 30.5 Å². The van der Waals surface area contributed by atoms with Gasteiger partial charge < -0.3 is 4.90 Å². The van der Waals surface area contributed by atoms with Gasteiger partial charge in [-0.15, -0.1) is 0 Å². The number of carbonyl (C=O) groups excluding carboxylic acids is 1. The van der Waals surface area contributed by atoms with Crippen molar-refractivity contribution >= 4 is 32.7 Å². The van der Waals surface area contributed by atoms with Crippen LogP contribution in [0.4, 0.5) is 4.39 Å². The molecule has 3 heterocycles. The molecule has 0 spiro atoms. The summed E-state index contributed by atoms with van der Waals surface area (Å²) in [6.45, 7) is 5.25. The summed E-state index contributed by atoms with van der Waals surface area (Å²) in [5.41, 5.74) is 2.12. The van der Waals surface area contributed by atoms with Gasteiger partial charge >= 0.3 is 0 Å². The number of aromatic amines is 1. The summed E-state index contributed by atoms with van der Waals surface area (Å²) in [4.78, 5) is 14.5. The molecule has 1 aliphatic rings. The van der Waals surface area contributed by atoms with Gasteiger partial charge in [-0.25, -0.2) is 4.39 Å². The summed E-state index contributed by atoms with van der Waals surface area (Å²) in [7, 11) is 0. The van der Waals surface area contributed by atoms with Crippen molar-refractivity contribution in [2.24, 2.45) is 0 Å². The van der Waals surface area contributed by atoms with Crippen LogP contribution in [0.5, 0.6) is 0 Å². The lowest BCUT2D eigenvalue weighted by Gasteiger charge is -2.16. The Hall–Kier alpha value is -2.22. The number of likely N-dealkylation sites (tertiary alicyclic amines) is 1. The average Bonchev–Trinajstić information content (AvgIpc) is 3.32. The van der Waals surface area contributed by atoms with Crippen molar-refractivity contribution < 1.29 is 9.18 Å². The number of H-pyrrole nitrogens is 1. The van der Waals surface area contributed by atoms with E-state index in [9.17, 15) is 9.18 Å². The molecule has 1 aromatic carbocycles. The molecule has 1 unspecified atom stereocenters. The number of rotatable bonds is 3. The first-order valence-corrected chi connectivity index (χ1v) is 9.40. The number of fused-ring (bicyclic) bond motifs is 1. The third kappa shape index (κ3) is 2.92. The van der Waals surface area contributed by atoms with Crippen molar-refractivity contribution in [1.82, 2.24) is 24.9 Å². The number of hydrogen-bond donors (Lipinski definition) is 1. The second-order valence-electron chi connectivity index (χ2n) is 6.96. The van der Waals surface area contributed by atoms with Gasteiger partial charge in [0.15, 0.2) is 0 Å². The van der Waals surface area contributed by atoms with Crippen molar-refractivity contribution in [3.8, 4) is 0 Å². The van der Waals surface area contributed by atoms with Gasteiger partial charge in [0.2, 0.25) is 0 Å². The maximum absolute atomic E-state index is 14.1. The van der Waals surface area contributed by atoms with Crippen LogP contribution in [-0.2, 0) is 0 Å². The second-order valence-corrected chi connectivity index (χ2v) is 7.88. The third-order valence-corrected chi connectivity index (χ3v) is 5.30. The SMILES string of the molecule is CC(C)c1cc(C(=O)N2CCC(n3ncc4c(F)cc(Br)cc43)C2)[nH]n1. The van der Waals surface area contributed by atoms with Crippen LogP contribution >= 0.6 is 15.9 Å². The van der Waals surface area contributed by atoms with Crippen LogP contribution < -0.4 is 0 Å². The first-order chi connectivity index (χ1) is 12.4. The van der Waals surface area contributed by atoms with E-state index in [1.165, 1.54) is 6.07 Å². The minimum atomic E-state index is -0.301. The molecule has 0 bridgehead atoms. The minimum absolute atomic E-state index is 0.0256. The Morgan fingerprint density at radius 1 is 1.38 bits per heavy atom. The summed E-state index contributed by atoms with van der Waals surface area (Å²) < 4.78 is 16.6. The number of nitrogens with one attached hydrogen (secondary N) is 1. The molecule has 1 fully saturated rings. The smallest absolute Gasteiger partial charge is 0.271 e. The lowest BCUT2D eigenvalue weighted by Crippen LogP contribution is -2.29. The molecule has 2 aromatic heterocycles. The topological polar surface area (TPSA) is 66.8 Å². The Bertz CT molecular complexity index is 979. The average molecular weight is 420 g/mol. The van der Waals surface area contributed by atoms with Gasteiger partial charge in [-0.2, -0.15) is 10.2 Å². The number of hydrogen-bond acceptors (Lipinski definition) is 3. The molecule has 0 radical (unpaired) electrons. The van der Waals surface area contributed by atoms with Crippen LogP contribution in [0, 0.1) is 5.82 Å². The molecule has 0 aliphatic carbocycles. The predicted molar refractivity (Wildman–Crippen MR) is 99.6 cm³/mol. The fraction of sp³-hybridized carbons (Fsp3) is 0.389. The minimum Gasteiger partial charge on any atom is -0.335 e. The molecule has 1 saturated heterocycles. The molecule has 6 nitrogen and oxygen atoms in total. The summed E-state index contributed by atoms with van der Waals surface area (Å²) in [5.74, 6) is -0.0936. The van der Waals surface area contributed by atoms with Crippen LogP contribution in [0.15, 0.2) is 28.9 Å². The molecule has 8 heteroatoms. The van der Waals surface area contributed by atoms with E-state index in [2.05, 4.69) is 31.2 Å². The highest BCUT2D eigenvalue weighted by Crippen LogP contribution is 2.29. The quantitative estimate of drug-likeness (QED) is 0.700. The van der Waals surface area contributed by atoms with Gasteiger partial charge in [0.25, 0.3) is 5.91 Å². The van der Waals surface area contributed by atoms with E-state index in [1.54, 1.807) is 11.1 Å². The van der Waals surface area contributed by atoms with Crippen molar-refractivity contribution in [3.63, 3.8) is 0 Å². The fourth-order valence-corrected chi connectivity index (χ4v) is 3.82. The Balaban J connectivity index is 1.56.